The molecule has 5 nitrogen and oxygen atoms in total. The number of aromatic nitrogens is 2. The maximum absolute atomic E-state index is 6.18. The molecule has 1 aliphatic heterocycles. The van der Waals surface area contributed by atoms with Crippen LogP contribution in [0.4, 0.5) is 5.95 Å². The molecule has 170 valence electrons. The Morgan fingerprint density at radius 2 is 1.82 bits per heavy atom. The Bertz CT molecular complexity index is 1560. The van der Waals surface area contributed by atoms with Crippen LogP contribution in [0.3, 0.4) is 0 Å². The molecule has 2 heterocycles. The first-order valence-electron chi connectivity index (χ1n) is 11.8. The Hall–Kier alpha value is -3.99. The minimum atomic E-state index is 0.409. The number of nitrogens with zero attached hydrogens (tertiary/aromatic N) is 2. The molecule has 34 heavy (non-hydrogen) atoms. The summed E-state index contributed by atoms with van der Waals surface area (Å²) in [7, 11) is 0. The summed E-state index contributed by atoms with van der Waals surface area (Å²) in [5, 5.41) is 2.63. The summed E-state index contributed by atoms with van der Waals surface area (Å²) in [5.74, 6) is 1.81. The number of aromatic amines is 1. The van der Waals surface area contributed by atoms with Crippen LogP contribution < -0.4 is 20.9 Å². The second-order valence-electron chi connectivity index (χ2n) is 9.21. The number of hydrogen-bond donors (Lipinski definition) is 2. The Labute approximate surface area is 198 Å². The highest BCUT2D eigenvalue weighted by Crippen LogP contribution is 2.32. The number of nitrogens with one attached hydrogen (secondary N) is 1. The Balaban J connectivity index is 1.43. The number of rotatable bonds is 2. The lowest BCUT2D eigenvalue weighted by atomic mass is 10.0. The van der Waals surface area contributed by atoms with Crippen molar-refractivity contribution in [2.24, 2.45) is 5.92 Å². The van der Waals surface area contributed by atoms with E-state index in [9.17, 15) is 0 Å². The molecule has 0 spiro atoms. The SMILES string of the molecule is CC1=c2ccccc2=C(N2CCOc3ccc(-c4ccc5nc(N)[nH]c5c4)cc3C2)C=CC1C. The fourth-order valence-electron chi connectivity index (χ4n) is 5.03. The van der Waals surface area contributed by atoms with Crippen LogP contribution in [0.25, 0.3) is 33.4 Å². The number of benzene rings is 3. The summed E-state index contributed by atoms with van der Waals surface area (Å²) in [6, 6.07) is 21.4. The van der Waals surface area contributed by atoms with Gasteiger partial charge in [-0.3, -0.25) is 0 Å². The first kappa shape index (κ1) is 20.6. The van der Waals surface area contributed by atoms with E-state index in [0.29, 0.717) is 18.5 Å². The molecule has 0 bridgehead atoms. The van der Waals surface area contributed by atoms with E-state index in [0.717, 1.165) is 41.0 Å². The molecule has 4 aromatic rings. The van der Waals surface area contributed by atoms with Crippen LogP contribution in [-0.4, -0.2) is 28.0 Å². The maximum atomic E-state index is 6.18. The quantitative estimate of drug-likeness (QED) is 0.483. The maximum Gasteiger partial charge on any atom is 0.198 e. The fourth-order valence-corrected chi connectivity index (χ4v) is 5.03. The molecule has 0 saturated heterocycles. The Morgan fingerprint density at radius 3 is 2.71 bits per heavy atom. The lowest BCUT2D eigenvalue weighted by Gasteiger charge is -2.24. The molecular weight excluding hydrogens is 420 g/mol. The minimum Gasteiger partial charge on any atom is -0.491 e. The van der Waals surface area contributed by atoms with Crippen molar-refractivity contribution < 1.29 is 4.74 Å². The third-order valence-corrected chi connectivity index (χ3v) is 7.07. The van der Waals surface area contributed by atoms with Crippen LogP contribution >= 0.6 is 0 Å². The number of allylic oxidation sites excluding steroid dienone is 1. The van der Waals surface area contributed by atoms with Gasteiger partial charge >= 0.3 is 0 Å². The van der Waals surface area contributed by atoms with Crippen LogP contribution in [0.15, 0.2) is 72.8 Å². The second-order valence-corrected chi connectivity index (χ2v) is 9.21. The molecule has 3 aromatic carbocycles. The van der Waals surface area contributed by atoms with Crippen molar-refractivity contribution in [1.29, 1.82) is 0 Å². The lowest BCUT2D eigenvalue weighted by molar-refractivity contribution is 0.283. The summed E-state index contributed by atoms with van der Waals surface area (Å²) in [6.45, 7) is 6.80. The van der Waals surface area contributed by atoms with Crippen molar-refractivity contribution in [2.45, 2.75) is 20.4 Å². The van der Waals surface area contributed by atoms with Gasteiger partial charge in [-0.1, -0.05) is 55.0 Å². The van der Waals surface area contributed by atoms with Gasteiger partial charge in [0.25, 0.3) is 0 Å². The lowest BCUT2D eigenvalue weighted by Crippen LogP contribution is -2.35. The van der Waals surface area contributed by atoms with Crippen molar-refractivity contribution in [2.75, 3.05) is 18.9 Å². The smallest absolute Gasteiger partial charge is 0.198 e. The molecule has 1 aliphatic carbocycles. The van der Waals surface area contributed by atoms with Crippen molar-refractivity contribution in [1.82, 2.24) is 14.9 Å². The van der Waals surface area contributed by atoms with E-state index in [-0.39, 0.29) is 0 Å². The fraction of sp³-hybridized carbons (Fsp3) is 0.207. The zero-order chi connectivity index (χ0) is 23.2. The van der Waals surface area contributed by atoms with Crippen LogP contribution in [0.5, 0.6) is 5.75 Å². The van der Waals surface area contributed by atoms with E-state index >= 15 is 0 Å². The average molecular weight is 449 g/mol. The van der Waals surface area contributed by atoms with Gasteiger partial charge in [-0.15, -0.1) is 0 Å². The normalized spacial score (nSPS) is 17.7. The molecule has 2 aliphatic rings. The number of nitrogens with two attached hydrogens (primary N) is 1. The van der Waals surface area contributed by atoms with Crippen molar-refractivity contribution in [3.8, 4) is 16.9 Å². The molecule has 0 radical (unpaired) electrons. The molecule has 0 amide bonds. The zero-order valence-electron chi connectivity index (χ0n) is 19.5. The summed E-state index contributed by atoms with van der Waals surface area (Å²) in [6.07, 6.45) is 4.62. The first-order valence-corrected chi connectivity index (χ1v) is 11.8. The molecule has 6 rings (SSSR count). The number of nitrogen functional groups attached to an aromatic ring is 1. The van der Waals surface area contributed by atoms with E-state index in [2.05, 4.69) is 95.5 Å². The van der Waals surface area contributed by atoms with E-state index in [4.69, 9.17) is 10.5 Å². The standard InChI is InChI=1S/C29H28N4O/c1-18-7-11-27(24-6-4-3-5-23(24)19(18)2)33-13-14-34-28-12-9-20(15-22(28)17-33)21-8-10-25-26(16-21)32-29(30)31-25/h3-12,15-16,18H,13-14,17H2,1-2H3,(H3,30,31,32). The van der Waals surface area contributed by atoms with E-state index in [1.165, 1.54) is 27.3 Å². The van der Waals surface area contributed by atoms with E-state index in [1.54, 1.807) is 0 Å². The number of imidazole rings is 1. The summed E-state index contributed by atoms with van der Waals surface area (Å²) < 4.78 is 6.18. The van der Waals surface area contributed by atoms with Gasteiger partial charge in [0.05, 0.1) is 17.6 Å². The zero-order valence-corrected chi connectivity index (χ0v) is 19.5. The van der Waals surface area contributed by atoms with E-state index in [1.807, 2.05) is 6.07 Å². The third kappa shape index (κ3) is 3.54. The number of ether oxygens (including phenoxy) is 1. The molecule has 0 saturated carbocycles. The van der Waals surface area contributed by atoms with Gasteiger partial charge in [-0.05, 0) is 59.5 Å². The van der Waals surface area contributed by atoms with Crippen LogP contribution in [-0.2, 0) is 6.54 Å². The van der Waals surface area contributed by atoms with Gasteiger partial charge in [-0.2, -0.15) is 0 Å². The number of anilines is 1. The predicted molar refractivity (Wildman–Crippen MR) is 138 cm³/mol. The molecule has 1 aromatic heterocycles. The van der Waals surface area contributed by atoms with Crippen LogP contribution in [0.1, 0.15) is 19.4 Å². The van der Waals surface area contributed by atoms with Gasteiger partial charge in [0.1, 0.15) is 12.4 Å². The molecule has 3 N–H and O–H groups in total. The minimum absolute atomic E-state index is 0.409. The van der Waals surface area contributed by atoms with Gasteiger partial charge in [0.15, 0.2) is 5.95 Å². The highest BCUT2D eigenvalue weighted by Gasteiger charge is 2.19. The Morgan fingerprint density at radius 1 is 1.03 bits per heavy atom. The van der Waals surface area contributed by atoms with Gasteiger partial charge in [0, 0.05) is 23.0 Å². The monoisotopic (exact) mass is 448 g/mol. The first-order chi connectivity index (χ1) is 16.6. The number of hydrogen-bond acceptors (Lipinski definition) is 4. The van der Waals surface area contributed by atoms with Crippen molar-refractivity contribution >= 4 is 28.3 Å². The third-order valence-electron chi connectivity index (χ3n) is 7.07. The molecule has 5 heteroatoms. The van der Waals surface area contributed by atoms with Crippen molar-refractivity contribution in [3.05, 3.63) is 88.8 Å². The highest BCUT2D eigenvalue weighted by atomic mass is 16.5. The van der Waals surface area contributed by atoms with Crippen LogP contribution in [0.2, 0.25) is 0 Å². The van der Waals surface area contributed by atoms with Crippen LogP contribution in [0, 0.1) is 5.92 Å². The molecule has 0 fully saturated rings. The van der Waals surface area contributed by atoms with E-state index < -0.39 is 0 Å². The predicted octanol–water partition coefficient (Wildman–Crippen LogP) is 4.19. The largest absolute Gasteiger partial charge is 0.491 e. The summed E-state index contributed by atoms with van der Waals surface area (Å²) in [5.41, 5.74) is 13.8. The van der Waals surface area contributed by atoms with Gasteiger partial charge < -0.3 is 20.4 Å². The highest BCUT2D eigenvalue weighted by molar-refractivity contribution is 5.83. The summed E-state index contributed by atoms with van der Waals surface area (Å²) >= 11 is 0. The average Bonchev–Trinajstić information content (AvgIpc) is 3.02. The number of fused-ring (bicyclic) bond motifs is 3. The molecule has 1 unspecified atom stereocenters. The molecular formula is C29H28N4O. The Kier molecular flexibility index (Phi) is 4.91. The second kappa shape index (κ2) is 8.10. The summed E-state index contributed by atoms with van der Waals surface area (Å²) in [4.78, 5) is 9.90. The topological polar surface area (TPSA) is 67.2 Å². The number of H-pyrrole nitrogens is 1. The molecule has 1 atom stereocenters. The van der Waals surface area contributed by atoms with Crippen molar-refractivity contribution in [3.63, 3.8) is 0 Å². The van der Waals surface area contributed by atoms with Gasteiger partial charge in [-0.25, -0.2) is 4.98 Å². The van der Waals surface area contributed by atoms with Gasteiger partial charge in [0.2, 0.25) is 0 Å².